The zero-order chi connectivity index (χ0) is 15.2. The monoisotopic (exact) mass is 285 g/mol. The van der Waals surface area contributed by atoms with Crippen molar-refractivity contribution in [1.29, 1.82) is 0 Å². The lowest BCUT2D eigenvalue weighted by molar-refractivity contribution is 0.299. The summed E-state index contributed by atoms with van der Waals surface area (Å²) in [6, 6.07) is 12.3. The van der Waals surface area contributed by atoms with Crippen LogP contribution in [0.3, 0.4) is 0 Å². The highest BCUT2D eigenvalue weighted by Crippen LogP contribution is 2.26. The molecule has 0 fully saturated rings. The van der Waals surface area contributed by atoms with Gasteiger partial charge in [-0.25, -0.2) is 0 Å². The minimum atomic E-state index is 0.554. The largest absolute Gasteiger partial charge is 0.497 e. The molecule has 0 spiro atoms. The average Bonchev–Trinajstić information content (AvgIpc) is 2.49. The normalized spacial score (nSPS) is 10.5. The van der Waals surface area contributed by atoms with Crippen molar-refractivity contribution in [3.05, 3.63) is 58.7 Å². The van der Waals surface area contributed by atoms with Gasteiger partial charge < -0.3 is 15.2 Å². The number of aryl methyl sites for hydroxylation is 2. The Balaban J connectivity index is 2.19. The van der Waals surface area contributed by atoms with Crippen LogP contribution >= 0.6 is 0 Å². The van der Waals surface area contributed by atoms with E-state index in [1.54, 1.807) is 7.11 Å². The van der Waals surface area contributed by atoms with Crippen molar-refractivity contribution in [2.75, 3.05) is 13.7 Å². The van der Waals surface area contributed by atoms with Gasteiger partial charge >= 0.3 is 0 Å². The van der Waals surface area contributed by atoms with E-state index in [2.05, 4.69) is 32.0 Å². The van der Waals surface area contributed by atoms with E-state index in [9.17, 15) is 0 Å². The fourth-order valence-electron chi connectivity index (χ4n) is 2.27. The molecule has 3 nitrogen and oxygen atoms in total. The first-order chi connectivity index (χ1) is 10.1. The number of ether oxygens (including phenoxy) is 2. The van der Waals surface area contributed by atoms with E-state index in [-0.39, 0.29) is 0 Å². The number of hydrogen-bond donors (Lipinski definition) is 1. The van der Waals surface area contributed by atoms with Gasteiger partial charge in [0.25, 0.3) is 0 Å². The van der Waals surface area contributed by atoms with Crippen LogP contribution in [0.1, 0.15) is 22.3 Å². The van der Waals surface area contributed by atoms with Crippen LogP contribution in [0.5, 0.6) is 11.5 Å². The molecule has 0 aliphatic heterocycles. The molecule has 21 heavy (non-hydrogen) atoms. The molecule has 2 aromatic carbocycles. The molecule has 0 unspecified atom stereocenters. The third-order valence-corrected chi connectivity index (χ3v) is 3.58. The first-order valence-electron chi connectivity index (χ1n) is 7.20. The van der Waals surface area contributed by atoms with E-state index >= 15 is 0 Å². The summed E-state index contributed by atoms with van der Waals surface area (Å²) < 4.78 is 11.3. The smallest absolute Gasteiger partial charge is 0.126 e. The summed E-state index contributed by atoms with van der Waals surface area (Å²) in [5, 5.41) is 0. The maximum absolute atomic E-state index is 6.02. The Bertz CT molecular complexity index is 608. The summed E-state index contributed by atoms with van der Waals surface area (Å²) in [4.78, 5) is 0. The summed E-state index contributed by atoms with van der Waals surface area (Å²) in [6.45, 7) is 5.35. The van der Waals surface area contributed by atoms with Gasteiger partial charge in [-0.1, -0.05) is 29.8 Å². The molecular formula is C18H23NO2. The number of rotatable bonds is 6. The lowest BCUT2D eigenvalue weighted by Gasteiger charge is -2.14. The quantitative estimate of drug-likeness (QED) is 0.884. The predicted molar refractivity (Wildman–Crippen MR) is 86.0 cm³/mol. The van der Waals surface area contributed by atoms with Crippen molar-refractivity contribution < 1.29 is 9.47 Å². The molecule has 0 aliphatic carbocycles. The molecule has 0 atom stereocenters. The van der Waals surface area contributed by atoms with Crippen molar-refractivity contribution in [3.63, 3.8) is 0 Å². The number of nitrogens with two attached hydrogens (primary N) is 1. The van der Waals surface area contributed by atoms with Gasteiger partial charge in [-0.05, 0) is 49.6 Å². The Morgan fingerprint density at radius 2 is 1.81 bits per heavy atom. The van der Waals surface area contributed by atoms with Gasteiger partial charge in [0.05, 0.1) is 7.11 Å². The van der Waals surface area contributed by atoms with Crippen molar-refractivity contribution in [1.82, 2.24) is 0 Å². The van der Waals surface area contributed by atoms with E-state index in [0.717, 1.165) is 23.5 Å². The summed E-state index contributed by atoms with van der Waals surface area (Å²) in [5.41, 5.74) is 10.5. The summed E-state index contributed by atoms with van der Waals surface area (Å²) >= 11 is 0. The molecule has 0 amide bonds. The Labute approximate surface area is 126 Å². The first kappa shape index (κ1) is 15.4. The molecule has 0 saturated heterocycles. The summed E-state index contributed by atoms with van der Waals surface area (Å²) in [5.74, 6) is 1.65. The van der Waals surface area contributed by atoms with E-state index in [4.69, 9.17) is 15.2 Å². The molecule has 0 bridgehead atoms. The standard InChI is InChI=1S/C18H23NO2/c1-13-4-5-14(2)16(10-13)12-21-18-11-17(20-3)7-6-15(18)8-9-19/h4-7,10-11H,8-9,12,19H2,1-3H3. The molecule has 2 aromatic rings. The van der Waals surface area contributed by atoms with Crippen LogP contribution < -0.4 is 15.2 Å². The second-order valence-corrected chi connectivity index (χ2v) is 5.23. The fourth-order valence-corrected chi connectivity index (χ4v) is 2.27. The molecule has 0 aliphatic rings. The second-order valence-electron chi connectivity index (χ2n) is 5.23. The molecule has 0 saturated carbocycles. The molecular weight excluding hydrogens is 262 g/mol. The van der Waals surface area contributed by atoms with Crippen molar-refractivity contribution in [3.8, 4) is 11.5 Å². The molecule has 2 N–H and O–H groups in total. The van der Waals surface area contributed by atoms with Crippen LogP contribution in [0.4, 0.5) is 0 Å². The van der Waals surface area contributed by atoms with Gasteiger partial charge in [0, 0.05) is 6.07 Å². The lowest BCUT2D eigenvalue weighted by Crippen LogP contribution is -2.06. The maximum Gasteiger partial charge on any atom is 0.126 e. The van der Waals surface area contributed by atoms with Gasteiger partial charge in [-0.2, -0.15) is 0 Å². The summed E-state index contributed by atoms with van der Waals surface area (Å²) in [6.07, 6.45) is 0.798. The summed E-state index contributed by atoms with van der Waals surface area (Å²) in [7, 11) is 1.66. The van der Waals surface area contributed by atoms with Gasteiger partial charge in [-0.3, -0.25) is 0 Å². The second kappa shape index (κ2) is 7.14. The Morgan fingerprint density at radius 3 is 2.52 bits per heavy atom. The van der Waals surface area contributed by atoms with E-state index < -0.39 is 0 Å². The minimum Gasteiger partial charge on any atom is -0.497 e. The van der Waals surface area contributed by atoms with Crippen molar-refractivity contribution in [2.45, 2.75) is 26.9 Å². The SMILES string of the molecule is COc1ccc(CCN)c(OCc2cc(C)ccc2C)c1. The van der Waals surface area contributed by atoms with Gasteiger partial charge in [0.15, 0.2) is 0 Å². The highest BCUT2D eigenvalue weighted by Gasteiger charge is 2.07. The minimum absolute atomic E-state index is 0.554. The van der Waals surface area contributed by atoms with E-state index in [0.29, 0.717) is 13.2 Å². The molecule has 0 radical (unpaired) electrons. The third-order valence-electron chi connectivity index (χ3n) is 3.58. The highest BCUT2D eigenvalue weighted by atomic mass is 16.5. The zero-order valence-electron chi connectivity index (χ0n) is 13.0. The Morgan fingerprint density at radius 1 is 1.00 bits per heavy atom. The maximum atomic E-state index is 6.02. The topological polar surface area (TPSA) is 44.5 Å². The molecule has 2 rings (SSSR count). The van der Waals surface area contributed by atoms with Gasteiger partial charge in [-0.15, -0.1) is 0 Å². The van der Waals surface area contributed by atoms with Gasteiger partial charge in [0.1, 0.15) is 18.1 Å². The van der Waals surface area contributed by atoms with Gasteiger partial charge in [0.2, 0.25) is 0 Å². The third kappa shape index (κ3) is 3.99. The Hall–Kier alpha value is -2.00. The van der Waals surface area contributed by atoms with E-state index in [1.807, 2.05) is 18.2 Å². The average molecular weight is 285 g/mol. The van der Waals surface area contributed by atoms with E-state index in [1.165, 1.54) is 16.7 Å². The molecule has 0 aromatic heterocycles. The number of benzene rings is 2. The lowest BCUT2D eigenvalue weighted by atomic mass is 10.1. The predicted octanol–water partition coefficient (Wildman–Crippen LogP) is 3.39. The van der Waals surface area contributed by atoms with Crippen LogP contribution in [0.2, 0.25) is 0 Å². The molecule has 3 heteroatoms. The molecule has 112 valence electrons. The zero-order valence-corrected chi connectivity index (χ0v) is 13.0. The number of hydrogen-bond acceptors (Lipinski definition) is 3. The first-order valence-corrected chi connectivity index (χ1v) is 7.20. The van der Waals surface area contributed by atoms with Crippen LogP contribution in [-0.2, 0) is 13.0 Å². The molecule has 0 heterocycles. The van der Waals surface area contributed by atoms with Crippen molar-refractivity contribution in [2.24, 2.45) is 5.73 Å². The fraction of sp³-hybridized carbons (Fsp3) is 0.333. The van der Waals surface area contributed by atoms with Crippen LogP contribution in [0.15, 0.2) is 36.4 Å². The Kier molecular flexibility index (Phi) is 5.23. The van der Waals surface area contributed by atoms with Crippen molar-refractivity contribution >= 4 is 0 Å². The van der Waals surface area contributed by atoms with Crippen LogP contribution in [0.25, 0.3) is 0 Å². The van der Waals surface area contributed by atoms with Crippen LogP contribution in [0, 0.1) is 13.8 Å². The number of methoxy groups -OCH3 is 1. The van der Waals surface area contributed by atoms with Crippen LogP contribution in [-0.4, -0.2) is 13.7 Å². The highest BCUT2D eigenvalue weighted by molar-refractivity contribution is 5.41.